The van der Waals surface area contributed by atoms with Gasteiger partial charge >= 0.3 is 0 Å². The largest absolute Gasteiger partial charge is 0.248 e. The van der Waals surface area contributed by atoms with Crippen LogP contribution in [0.25, 0.3) is 0 Å². The van der Waals surface area contributed by atoms with E-state index in [4.69, 9.17) is 11.6 Å². The number of hydrogen-bond acceptors (Lipinski definition) is 2. The summed E-state index contributed by atoms with van der Waals surface area (Å²) < 4.78 is 0.831. The van der Waals surface area contributed by atoms with E-state index >= 15 is 0 Å². The second kappa shape index (κ2) is 4.43. The molecule has 0 aliphatic rings. The number of thiazole rings is 1. The van der Waals surface area contributed by atoms with Gasteiger partial charge in [-0.3, -0.25) is 0 Å². The van der Waals surface area contributed by atoms with Gasteiger partial charge in [0.05, 0.1) is 11.2 Å². The first-order valence-electron chi connectivity index (χ1n) is 3.38. The molecule has 0 aliphatic carbocycles. The van der Waals surface area contributed by atoms with Crippen molar-refractivity contribution in [2.24, 2.45) is 5.92 Å². The molecule has 0 spiro atoms. The summed E-state index contributed by atoms with van der Waals surface area (Å²) in [6.45, 7) is 2.17. The Morgan fingerprint density at radius 3 is 3.00 bits per heavy atom. The van der Waals surface area contributed by atoms with Gasteiger partial charge in [-0.15, -0.1) is 11.3 Å². The van der Waals surface area contributed by atoms with Gasteiger partial charge in [-0.05, 0) is 12.3 Å². The summed E-state index contributed by atoms with van der Waals surface area (Å²) in [6, 6.07) is 0. The SMILES string of the molecule is CC(CBr)Cc1ncsc1Cl. The van der Waals surface area contributed by atoms with Gasteiger partial charge in [-0.1, -0.05) is 34.5 Å². The summed E-state index contributed by atoms with van der Waals surface area (Å²) in [5, 5.41) is 1.00. The molecule has 0 radical (unpaired) electrons. The van der Waals surface area contributed by atoms with Crippen molar-refractivity contribution in [3.05, 3.63) is 15.5 Å². The highest BCUT2D eigenvalue weighted by Crippen LogP contribution is 2.22. The molecule has 11 heavy (non-hydrogen) atoms. The van der Waals surface area contributed by atoms with Crippen LogP contribution in [0.1, 0.15) is 12.6 Å². The molecule has 1 aromatic heterocycles. The molecule has 0 aromatic carbocycles. The predicted octanol–water partition coefficient (Wildman–Crippen LogP) is 3.37. The molecule has 62 valence electrons. The molecule has 1 aromatic rings. The van der Waals surface area contributed by atoms with Gasteiger partial charge in [0, 0.05) is 5.33 Å². The lowest BCUT2D eigenvalue weighted by molar-refractivity contribution is 0.653. The second-order valence-corrected chi connectivity index (χ2v) is 4.64. The summed E-state index contributed by atoms with van der Waals surface area (Å²) >= 11 is 10.8. The molecule has 0 fully saturated rings. The third kappa shape index (κ3) is 2.73. The minimum Gasteiger partial charge on any atom is -0.248 e. The van der Waals surface area contributed by atoms with Crippen LogP contribution in [-0.4, -0.2) is 10.3 Å². The Hall–Kier alpha value is 0.400. The van der Waals surface area contributed by atoms with Gasteiger partial charge in [-0.25, -0.2) is 4.98 Å². The highest BCUT2D eigenvalue weighted by molar-refractivity contribution is 9.09. The number of halogens is 2. The monoisotopic (exact) mass is 253 g/mol. The van der Waals surface area contributed by atoms with E-state index < -0.39 is 0 Å². The number of hydrogen-bond donors (Lipinski definition) is 0. The number of alkyl halides is 1. The molecule has 0 bridgehead atoms. The van der Waals surface area contributed by atoms with Crippen molar-refractivity contribution in [1.82, 2.24) is 4.98 Å². The van der Waals surface area contributed by atoms with Crippen LogP contribution in [0.2, 0.25) is 4.34 Å². The van der Waals surface area contributed by atoms with Crippen molar-refractivity contribution in [2.45, 2.75) is 13.3 Å². The van der Waals surface area contributed by atoms with E-state index in [1.54, 1.807) is 5.51 Å². The van der Waals surface area contributed by atoms with Gasteiger partial charge in [-0.2, -0.15) is 0 Å². The van der Waals surface area contributed by atoms with Gasteiger partial charge < -0.3 is 0 Å². The van der Waals surface area contributed by atoms with E-state index in [0.717, 1.165) is 21.8 Å². The van der Waals surface area contributed by atoms with Crippen LogP contribution in [0.3, 0.4) is 0 Å². The minimum atomic E-state index is 0.606. The van der Waals surface area contributed by atoms with Crippen LogP contribution in [0.4, 0.5) is 0 Å². The van der Waals surface area contributed by atoms with Crippen LogP contribution in [0.15, 0.2) is 5.51 Å². The zero-order valence-corrected chi connectivity index (χ0v) is 9.34. The highest BCUT2D eigenvalue weighted by atomic mass is 79.9. The summed E-state index contributed by atoms with van der Waals surface area (Å²) in [5.41, 5.74) is 2.82. The van der Waals surface area contributed by atoms with Crippen molar-refractivity contribution in [3.63, 3.8) is 0 Å². The van der Waals surface area contributed by atoms with Crippen molar-refractivity contribution in [1.29, 1.82) is 0 Å². The minimum absolute atomic E-state index is 0.606. The molecule has 0 N–H and O–H groups in total. The van der Waals surface area contributed by atoms with E-state index in [9.17, 15) is 0 Å². The van der Waals surface area contributed by atoms with Crippen LogP contribution in [-0.2, 0) is 6.42 Å². The molecule has 0 saturated carbocycles. The molecule has 0 amide bonds. The van der Waals surface area contributed by atoms with Crippen LogP contribution in [0.5, 0.6) is 0 Å². The third-order valence-electron chi connectivity index (χ3n) is 1.40. The summed E-state index contributed by atoms with van der Waals surface area (Å²) in [4.78, 5) is 4.17. The zero-order valence-electron chi connectivity index (χ0n) is 6.18. The lowest BCUT2D eigenvalue weighted by atomic mass is 10.1. The van der Waals surface area contributed by atoms with E-state index in [2.05, 4.69) is 27.8 Å². The topological polar surface area (TPSA) is 12.9 Å². The smallest absolute Gasteiger partial charge is 0.116 e. The Morgan fingerprint density at radius 2 is 2.55 bits per heavy atom. The van der Waals surface area contributed by atoms with Crippen LogP contribution < -0.4 is 0 Å². The normalized spacial score (nSPS) is 13.4. The van der Waals surface area contributed by atoms with Gasteiger partial charge in [0.1, 0.15) is 4.34 Å². The van der Waals surface area contributed by atoms with Crippen LogP contribution >= 0.6 is 38.9 Å². The Bertz CT molecular complexity index is 226. The van der Waals surface area contributed by atoms with Crippen molar-refractivity contribution < 1.29 is 0 Å². The maximum atomic E-state index is 5.88. The maximum Gasteiger partial charge on any atom is 0.116 e. The quantitative estimate of drug-likeness (QED) is 0.754. The van der Waals surface area contributed by atoms with Crippen molar-refractivity contribution in [3.8, 4) is 0 Å². The number of aromatic nitrogens is 1. The summed E-state index contributed by atoms with van der Waals surface area (Å²) in [5.74, 6) is 0.606. The lowest BCUT2D eigenvalue weighted by Gasteiger charge is -2.03. The first-order valence-corrected chi connectivity index (χ1v) is 5.75. The molecule has 0 aliphatic heterocycles. The van der Waals surface area contributed by atoms with Crippen LogP contribution in [0, 0.1) is 5.92 Å². The fourth-order valence-corrected chi connectivity index (χ4v) is 1.79. The molecule has 1 nitrogen and oxygen atoms in total. The van der Waals surface area contributed by atoms with Gasteiger partial charge in [0.25, 0.3) is 0 Å². The summed E-state index contributed by atoms with van der Waals surface area (Å²) in [6.07, 6.45) is 0.966. The molecule has 1 rings (SSSR count). The van der Waals surface area contributed by atoms with Gasteiger partial charge in [0.15, 0.2) is 0 Å². The lowest BCUT2D eigenvalue weighted by Crippen LogP contribution is -2.00. The van der Waals surface area contributed by atoms with Gasteiger partial charge in [0.2, 0.25) is 0 Å². The fraction of sp³-hybridized carbons (Fsp3) is 0.571. The van der Waals surface area contributed by atoms with E-state index in [1.807, 2.05) is 0 Å². The van der Waals surface area contributed by atoms with Crippen molar-refractivity contribution >= 4 is 38.9 Å². The number of nitrogens with zero attached hydrogens (tertiary/aromatic N) is 1. The fourth-order valence-electron chi connectivity index (χ4n) is 0.773. The molecule has 1 unspecified atom stereocenters. The Morgan fingerprint density at radius 1 is 1.82 bits per heavy atom. The summed E-state index contributed by atoms with van der Waals surface area (Å²) in [7, 11) is 0. The first-order chi connectivity index (χ1) is 5.24. The predicted molar refractivity (Wildman–Crippen MR) is 53.8 cm³/mol. The first kappa shape index (κ1) is 9.49. The average molecular weight is 255 g/mol. The Balaban J connectivity index is 2.56. The second-order valence-electron chi connectivity index (χ2n) is 2.54. The zero-order chi connectivity index (χ0) is 8.27. The van der Waals surface area contributed by atoms with E-state index in [-0.39, 0.29) is 0 Å². The highest BCUT2D eigenvalue weighted by Gasteiger charge is 2.07. The molecule has 0 saturated heterocycles. The average Bonchev–Trinajstić information content (AvgIpc) is 2.37. The molecule has 4 heteroatoms. The van der Waals surface area contributed by atoms with Crippen molar-refractivity contribution in [2.75, 3.05) is 5.33 Å². The standard InChI is InChI=1S/C7H9BrClNS/c1-5(3-8)2-6-7(9)11-4-10-6/h4-5H,2-3H2,1H3. The molecule has 1 heterocycles. The van der Waals surface area contributed by atoms with E-state index in [1.165, 1.54) is 11.3 Å². The third-order valence-corrected chi connectivity index (χ3v) is 3.64. The molecular formula is C7H9BrClNS. The Labute approximate surface area is 83.9 Å². The Kier molecular flexibility index (Phi) is 3.82. The number of rotatable bonds is 3. The van der Waals surface area contributed by atoms with E-state index in [0.29, 0.717) is 5.92 Å². The maximum absolute atomic E-state index is 5.88. The molecular weight excluding hydrogens is 246 g/mol. The molecule has 1 atom stereocenters.